The average molecular weight is 451 g/mol. The van der Waals surface area contributed by atoms with Gasteiger partial charge in [0.15, 0.2) is 5.78 Å². The highest BCUT2D eigenvalue weighted by atomic mass is 19.1. The van der Waals surface area contributed by atoms with Crippen LogP contribution in [-0.4, -0.2) is 39.3 Å². The van der Waals surface area contributed by atoms with E-state index in [9.17, 15) is 34.0 Å². The molecule has 0 aromatic heterocycles. The highest BCUT2D eigenvalue weighted by molar-refractivity contribution is 6.14. The third kappa shape index (κ3) is 5.76. The van der Waals surface area contributed by atoms with E-state index in [1.807, 2.05) is 0 Å². The van der Waals surface area contributed by atoms with Gasteiger partial charge in [-0.25, -0.2) is 9.18 Å². The number of ketones is 1. The zero-order chi connectivity index (χ0) is 24.0. The minimum absolute atomic E-state index is 0.0507. The molecule has 10 heteroatoms. The first-order valence-corrected chi connectivity index (χ1v) is 9.65. The number of hydrogen-bond donors (Lipinski definition) is 2. The van der Waals surface area contributed by atoms with Gasteiger partial charge in [0.1, 0.15) is 12.4 Å². The second-order valence-electron chi connectivity index (χ2n) is 6.97. The van der Waals surface area contributed by atoms with Crippen molar-refractivity contribution in [3.05, 3.63) is 105 Å². The Morgan fingerprint density at radius 3 is 2.27 bits per heavy atom. The Kier molecular flexibility index (Phi) is 7.09. The minimum atomic E-state index is -1.33. The molecule has 0 aliphatic carbocycles. The summed E-state index contributed by atoms with van der Waals surface area (Å²) in [4.78, 5) is 48.4. The predicted octanol–water partition coefficient (Wildman–Crippen LogP) is 4.08. The van der Waals surface area contributed by atoms with Crippen molar-refractivity contribution in [1.82, 2.24) is 4.90 Å². The van der Waals surface area contributed by atoms with Crippen molar-refractivity contribution in [2.45, 2.75) is 6.54 Å². The first-order valence-electron chi connectivity index (χ1n) is 9.65. The molecular formula is C23H18FN3O6. The summed E-state index contributed by atoms with van der Waals surface area (Å²) in [6, 6.07) is 16.9. The van der Waals surface area contributed by atoms with Crippen LogP contribution in [0.3, 0.4) is 0 Å². The van der Waals surface area contributed by atoms with Crippen LogP contribution in [0, 0.1) is 15.9 Å². The van der Waals surface area contributed by atoms with Crippen LogP contribution < -0.4 is 5.32 Å². The van der Waals surface area contributed by atoms with Gasteiger partial charge in [0.2, 0.25) is 5.91 Å². The monoisotopic (exact) mass is 451 g/mol. The number of non-ortho nitro benzene ring substituents is 1. The maximum absolute atomic E-state index is 14.1. The summed E-state index contributed by atoms with van der Waals surface area (Å²) in [7, 11) is 0. The number of nitro benzene ring substituents is 1. The van der Waals surface area contributed by atoms with E-state index in [1.54, 1.807) is 30.3 Å². The lowest BCUT2D eigenvalue weighted by Gasteiger charge is -2.19. The van der Waals surface area contributed by atoms with Crippen LogP contribution in [-0.2, 0) is 11.3 Å². The molecule has 3 aromatic carbocycles. The van der Waals surface area contributed by atoms with Gasteiger partial charge in [0.25, 0.3) is 5.69 Å². The van der Waals surface area contributed by atoms with Crippen LogP contribution in [0.25, 0.3) is 0 Å². The Hall–Kier alpha value is -4.60. The van der Waals surface area contributed by atoms with Gasteiger partial charge in [-0.2, -0.15) is 0 Å². The quantitative estimate of drug-likeness (QED) is 0.301. The lowest BCUT2D eigenvalue weighted by Crippen LogP contribution is -2.36. The molecular weight excluding hydrogens is 433 g/mol. The second-order valence-corrected chi connectivity index (χ2v) is 6.97. The fraction of sp³-hybridized carbons (Fsp3) is 0.0870. The Labute approximate surface area is 187 Å². The van der Waals surface area contributed by atoms with Crippen LogP contribution in [0.1, 0.15) is 21.5 Å². The summed E-state index contributed by atoms with van der Waals surface area (Å²) < 4.78 is 14.1. The van der Waals surface area contributed by atoms with Gasteiger partial charge < -0.3 is 10.4 Å². The fourth-order valence-corrected chi connectivity index (χ4v) is 3.09. The van der Waals surface area contributed by atoms with Gasteiger partial charge in [-0.3, -0.25) is 24.6 Å². The largest absolute Gasteiger partial charge is 0.465 e. The molecule has 0 atom stereocenters. The number of hydrogen-bond acceptors (Lipinski definition) is 5. The molecule has 0 radical (unpaired) electrons. The van der Waals surface area contributed by atoms with Crippen molar-refractivity contribution in [2.75, 3.05) is 11.9 Å². The van der Waals surface area contributed by atoms with Crippen LogP contribution >= 0.6 is 0 Å². The number of carboxylic acid groups (broad SMARTS) is 1. The Morgan fingerprint density at radius 1 is 0.970 bits per heavy atom. The number of nitro groups is 1. The molecule has 0 bridgehead atoms. The van der Waals surface area contributed by atoms with E-state index in [1.165, 1.54) is 18.2 Å². The molecule has 2 amide bonds. The van der Waals surface area contributed by atoms with Crippen molar-refractivity contribution in [1.29, 1.82) is 0 Å². The number of amides is 2. The summed E-state index contributed by atoms with van der Waals surface area (Å²) >= 11 is 0. The number of rotatable bonds is 8. The van der Waals surface area contributed by atoms with E-state index in [-0.39, 0.29) is 23.4 Å². The highest BCUT2D eigenvalue weighted by Crippen LogP contribution is 2.26. The van der Waals surface area contributed by atoms with Gasteiger partial charge >= 0.3 is 6.09 Å². The Bertz CT molecular complexity index is 1220. The molecule has 3 rings (SSSR count). The topological polar surface area (TPSA) is 130 Å². The SMILES string of the molecule is O=C(CN(Cc1ccccc1)C(=O)O)Nc1ccc([N+](=O)[O-])cc1C(=O)c1ccccc1F. The number of nitrogens with one attached hydrogen (secondary N) is 1. The van der Waals surface area contributed by atoms with Crippen LogP contribution in [0.2, 0.25) is 0 Å². The minimum Gasteiger partial charge on any atom is -0.465 e. The summed E-state index contributed by atoms with van der Waals surface area (Å²) in [6.07, 6.45) is -1.33. The molecule has 0 saturated carbocycles. The number of carbonyl (C=O) groups is 3. The van der Waals surface area contributed by atoms with E-state index in [0.717, 1.165) is 29.2 Å². The highest BCUT2D eigenvalue weighted by Gasteiger charge is 2.23. The van der Waals surface area contributed by atoms with Crippen molar-refractivity contribution in [3.63, 3.8) is 0 Å². The van der Waals surface area contributed by atoms with Crippen molar-refractivity contribution in [2.24, 2.45) is 0 Å². The molecule has 3 aromatic rings. The van der Waals surface area contributed by atoms with Gasteiger partial charge in [0.05, 0.1) is 21.7 Å². The average Bonchev–Trinajstić information content (AvgIpc) is 2.79. The molecule has 9 nitrogen and oxygen atoms in total. The maximum atomic E-state index is 14.1. The van der Waals surface area contributed by atoms with Crippen LogP contribution in [0.5, 0.6) is 0 Å². The molecule has 0 saturated heterocycles. The van der Waals surface area contributed by atoms with Gasteiger partial charge in [-0.15, -0.1) is 0 Å². The summed E-state index contributed by atoms with van der Waals surface area (Å²) in [5.74, 6) is -2.47. The molecule has 168 valence electrons. The van der Waals surface area contributed by atoms with Crippen molar-refractivity contribution in [3.8, 4) is 0 Å². The first-order chi connectivity index (χ1) is 15.8. The van der Waals surface area contributed by atoms with Crippen LogP contribution in [0.15, 0.2) is 72.8 Å². The molecule has 0 heterocycles. The smallest absolute Gasteiger partial charge is 0.408 e. The molecule has 0 fully saturated rings. The van der Waals surface area contributed by atoms with Gasteiger partial charge in [0, 0.05) is 18.7 Å². The molecule has 2 N–H and O–H groups in total. The Balaban J connectivity index is 1.86. The molecule has 0 aliphatic heterocycles. The first kappa shape index (κ1) is 23.1. The standard InChI is InChI=1S/C23H18FN3O6/c24-19-9-5-4-8-17(19)22(29)18-12-16(27(32)33)10-11-20(18)25-21(28)14-26(23(30)31)13-15-6-2-1-3-7-15/h1-12H,13-14H2,(H,25,28)(H,30,31). The summed E-state index contributed by atoms with van der Waals surface area (Å²) in [5, 5.41) is 23.0. The molecule has 0 spiro atoms. The summed E-state index contributed by atoms with van der Waals surface area (Å²) in [6.45, 7) is -0.612. The lowest BCUT2D eigenvalue weighted by molar-refractivity contribution is -0.384. The third-order valence-corrected chi connectivity index (χ3v) is 4.67. The normalized spacial score (nSPS) is 10.3. The summed E-state index contributed by atoms with van der Waals surface area (Å²) in [5.41, 5.74) is -0.497. The predicted molar refractivity (Wildman–Crippen MR) is 116 cm³/mol. The molecule has 0 unspecified atom stereocenters. The lowest BCUT2D eigenvalue weighted by atomic mass is 10.0. The number of benzene rings is 3. The third-order valence-electron chi connectivity index (χ3n) is 4.67. The van der Waals surface area contributed by atoms with Crippen molar-refractivity contribution >= 4 is 29.2 Å². The molecule has 0 aliphatic rings. The van der Waals surface area contributed by atoms with Crippen molar-refractivity contribution < 1.29 is 28.8 Å². The number of anilines is 1. The van der Waals surface area contributed by atoms with E-state index >= 15 is 0 Å². The zero-order valence-corrected chi connectivity index (χ0v) is 17.1. The van der Waals surface area contributed by atoms with Crippen LogP contribution in [0.4, 0.5) is 20.6 Å². The van der Waals surface area contributed by atoms with E-state index in [4.69, 9.17) is 0 Å². The Morgan fingerprint density at radius 2 is 1.64 bits per heavy atom. The number of halogens is 1. The number of carbonyl (C=O) groups excluding carboxylic acids is 2. The van der Waals surface area contributed by atoms with E-state index < -0.39 is 40.8 Å². The van der Waals surface area contributed by atoms with E-state index in [0.29, 0.717) is 5.56 Å². The molecule has 33 heavy (non-hydrogen) atoms. The second kappa shape index (κ2) is 10.1. The van der Waals surface area contributed by atoms with Gasteiger partial charge in [-0.05, 0) is 23.8 Å². The number of nitrogens with zero attached hydrogens (tertiary/aromatic N) is 2. The zero-order valence-electron chi connectivity index (χ0n) is 17.1. The fourth-order valence-electron chi connectivity index (χ4n) is 3.09. The maximum Gasteiger partial charge on any atom is 0.408 e. The van der Waals surface area contributed by atoms with E-state index in [2.05, 4.69) is 5.32 Å². The van der Waals surface area contributed by atoms with Gasteiger partial charge in [-0.1, -0.05) is 42.5 Å².